The van der Waals surface area contributed by atoms with Crippen molar-refractivity contribution >= 4 is 11.8 Å². The average molecular weight is 308 g/mol. The molecule has 0 bridgehead atoms. The van der Waals surface area contributed by atoms with Gasteiger partial charge in [-0.15, -0.1) is 0 Å². The fourth-order valence-corrected chi connectivity index (χ4v) is 1.88. The van der Waals surface area contributed by atoms with Gasteiger partial charge in [0, 0.05) is 5.54 Å². The van der Waals surface area contributed by atoms with Gasteiger partial charge in [-0.1, -0.05) is 6.07 Å². The minimum absolute atomic E-state index is 0.0383. The van der Waals surface area contributed by atoms with Crippen LogP contribution in [0.2, 0.25) is 0 Å². The summed E-state index contributed by atoms with van der Waals surface area (Å²) in [5, 5.41) is 5.38. The molecular weight excluding hydrogens is 284 g/mol. The molecule has 0 aliphatic rings. The molecule has 2 N–H and O–H groups in total. The maximum absolute atomic E-state index is 11.9. The Labute approximate surface area is 131 Å². The molecule has 0 spiro atoms. The zero-order chi connectivity index (χ0) is 16.8. The lowest BCUT2D eigenvalue weighted by Gasteiger charge is -2.20. The molecule has 0 saturated carbocycles. The third-order valence-corrected chi connectivity index (χ3v) is 2.77. The number of rotatable bonds is 6. The monoisotopic (exact) mass is 308 g/mol. The molecule has 122 valence electrons. The van der Waals surface area contributed by atoms with Crippen LogP contribution >= 0.6 is 0 Å². The summed E-state index contributed by atoms with van der Waals surface area (Å²) in [6, 6.07) is 5.28. The highest BCUT2D eigenvalue weighted by molar-refractivity contribution is 5.86. The van der Waals surface area contributed by atoms with Crippen LogP contribution in [0.5, 0.6) is 11.5 Å². The minimum atomic E-state index is -0.314. The number of methoxy groups -OCH3 is 2. The van der Waals surface area contributed by atoms with Gasteiger partial charge in [0.05, 0.1) is 27.2 Å². The zero-order valence-corrected chi connectivity index (χ0v) is 13.8. The van der Waals surface area contributed by atoms with E-state index in [0.29, 0.717) is 11.5 Å². The van der Waals surface area contributed by atoms with Crippen molar-refractivity contribution < 1.29 is 19.1 Å². The molecule has 0 aliphatic carbocycles. The van der Waals surface area contributed by atoms with Crippen LogP contribution in [0.1, 0.15) is 26.3 Å². The number of hydrogen-bond donors (Lipinski definition) is 2. The van der Waals surface area contributed by atoms with Gasteiger partial charge in [0.2, 0.25) is 11.8 Å². The number of carbonyl (C=O) groups excluding carboxylic acids is 2. The Kier molecular flexibility index (Phi) is 6.22. The second kappa shape index (κ2) is 7.68. The Hall–Kier alpha value is -2.24. The second-order valence-corrected chi connectivity index (χ2v) is 5.94. The van der Waals surface area contributed by atoms with Crippen molar-refractivity contribution in [3.8, 4) is 11.5 Å². The average Bonchev–Trinajstić information content (AvgIpc) is 2.43. The van der Waals surface area contributed by atoms with E-state index in [1.54, 1.807) is 32.4 Å². The SMILES string of the molecule is COc1ccc(CC(=O)NCC(=O)NC(C)(C)C)cc1OC. The van der Waals surface area contributed by atoms with Crippen molar-refractivity contribution in [1.29, 1.82) is 0 Å². The van der Waals surface area contributed by atoms with E-state index in [1.807, 2.05) is 20.8 Å². The first kappa shape index (κ1) is 17.8. The van der Waals surface area contributed by atoms with Crippen molar-refractivity contribution in [2.24, 2.45) is 0 Å². The van der Waals surface area contributed by atoms with Crippen molar-refractivity contribution in [3.05, 3.63) is 23.8 Å². The highest BCUT2D eigenvalue weighted by Gasteiger charge is 2.14. The lowest BCUT2D eigenvalue weighted by Crippen LogP contribution is -2.46. The van der Waals surface area contributed by atoms with Crippen LogP contribution in [0, 0.1) is 0 Å². The molecule has 0 aromatic heterocycles. The summed E-state index contributed by atoms with van der Waals surface area (Å²) in [4.78, 5) is 23.5. The molecule has 6 heteroatoms. The van der Waals surface area contributed by atoms with E-state index in [2.05, 4.69) is 10.6 Å². The quantitative estimate of drug-likeness (QED) is 0.830. The van der Waals surface area contributed by atoms with Crippen LogP contribution in [-0.4, -0.2) is 38.1 Å². The molecule has 0 unspecified atom stereocenters. The Balaban J connectivity index is 2.53. The van der Waals surface area contributed by atoms with Crippen LogP contribution in [-0.2, 0) is 16.0 Å². The molecule has 2 amide bonds. The third-order valence-electron chi connectivity index (χ3n) is 2.77. The van der Waals surface area contributed by atoms with E-state index in [1.165, 1.54) is 0 Å². The predicted octanol–water partition coefficient (Wildman–Crippen LogP) is 1.28. The normalized spacial score (nSPS) is 10.8. The van der Waals surface area contributed by atoms with Crippen LogP contribution in [0.4, 0.5) is 0 Å². The zero-order valence-electron chi connectivity index (χ0n) is 13.8. The van der Waals surface area contributed by atoms with Gasteiger partial charge in [0.1, 0.15) is 0 Å². The summed E-state index contributed by atoms with van der Waals surface area (Å²) in [7, 11) is 3.09. The number of benzene rings is 1. The van der Waals surface area contributed by atoms with Crippen molar-refractivity contribution in [2.75, 3.05) is 20.8 Å². The molecular formula is C16H24N2O4. The van der Waals surface area contributed by atoms with Gasteiger partial charge in [-0.3, -0.25) is 9.59 Å². The van der Waals surface area contributed by atoms with E-state index >= 15 is 0 Å². The molecule has 1 rings (SSSR count). The molecule has 0 radical (unpaired) electrons. The number of ether oxygens (including phenoxy) is 2. The van der Waals surface area contributed by atoms with E-state index < -0.39 is 0 Å². The van der Waals surface area contributed by atoms with Crippen LogP contribution < -0.4 is 20.1 Å². The van der Waals surface area contributed by atoms with Gasteiger partial charge in [-0.25, -0.2) is 0 Å². The minimum Gasteiger partial charge on any atom is -0.493 e. The van der Waals surface area contributed by atoms with Gasteiger partial charge in [0.15, 0.2) is 11.5 Å². The summed E-state index contributed by atoms with van der Waals surface area (Å²) in [5.41, 5.74) is 0.469. The Morgan fingerprint density at radius 1 is 1.05 bits per heavy atom. The maximum Gasteiger partial charge on any atom is 0.239 e. The first-order valence-electron chi connectivity index (χ1n) is 7.04. The third kappa shape index (κ3) is 6.03. The Morgan fingerprint density at radius 2 is 1.68 bits per heavy atom. The molecule has 22 heavy (non-hydrogen) atoms. The van der Waals surface area contributed by atoms with Crippen LogP contribution in [0.25, 0.3) is 0 Å². The van der Waals surface area contributed by atoms with Crippen molar-refractivity contribution in [2.45, 2.75) is 32.7 Å². The van der Waals surface area contributed by atoms with Crippen molar-refractivity contribution in [1.82, 2.24) is 10.6 Å². The Morgan fingerprint density at radius 3 is 2.23 bits per heavy atom. The smallest absolute Gasteiger partial charge is 0.239 e. The van der Waals surface area contributed by atoms with Gasteiger partial charge in [-0.2, -0.15) is 0 Å². The fourth-order valence-electron chi connectivity index (χ4n) is 1.88. The number of hydrogen-bond acceptors (Lipinski definition) is 4. The lowest BCUT2D eigenvalue weighted by atomic mass is 10.1. The first-order valence-corrected chi connectivity index (χ1v) is 7.04. The summed E-state index contributed by atoms with van der Waals surface area (Å²) >= 11 is 0. The number of carbonyl (C=O) groups is 2. The molecule has 0 aliphatic heterocycles. The van der Waals surface area contributed by atoms with Gasteiger partial charge < -0.3 is 20.1 Å². The molecule has 0 atom stereocenters. The highest BCUT2D eigenvalue weighted by atomic mass is 16.5. The van der Waals surface area contributed by atoms with E-state index in [0.717, 1.165) is 5.56 Å². The van der Waals surface area contributed by atoms with E-state index in [9.17, 15) is 9.59 Å². The van der Waals surface area contributed by atoms with E-state index in [-0.39, 0.29) is 30.3 Å². The molecule has 0 heterocycles. The molecule has 1 aromatic rings. The van der Waals surface area contributed by atoms with Crippen LogP contribution in [0.15, 0.2) is 18.2 Å². The highest BCUT2D eigenvalue weighted by Crippen LogP contribution is 2.27. The summed E-state index contributed by atoms with van der Waals surface area (Å²) in [6.45, 7) is 5.62. The summed E-state index contributed by atoms with van der Waals surface area (Å²) < 4.78 is 10.3. The standard InChI is InChI=1S/C16H24N2O4/c1-16(2,3)18-15(20)10-17-14(19)9-11-6-7-12(21-4)13(8-11)22-5/h6-8H,9-10H2,1-5H3,(H,17,19)(H,18,20). The van der Waals surface area contributed by atoms with Gasteiger partial charge in [-0.05, 0) is 38.5 Å². The molecule has 0 saturated heterocycles. The largest absolute Gasteiger partial charge is 0.493 e. The molecule has 6 nitrogen and oxygen atoms in total. The molecule has 1 aromatic carbocycles. The molecule has 0 fully saturated rings. The van der Waals surface area contributed by atoms with Crippen LogP contribution in [0.3, 0.4) is 0 Å². The fraction of sp³-hybridized carbons (Fsp3) is 0.500. The summed E-state index contributed by atoms with van der Waals surface area (Å²) in [6.07, 6.45) is 0.170. The van der Waals surface area contributed by atoms with Gasteiger partial charge in [0.25, 0.3) is 0 Å². The van der Waals surface area contributed by atoms with Crippen molar-refractivity contribution in [3.63, 3.8) is 0 Å². The van der Waals surface area contributed by atoms with Gasteiger partial charge >= 0.3 is 0 Å². The number of nitrogens with one attached hydrogen (secondary N) is 2. The Bertz CT molecular complexity index is 535. The number of amides is 2. The summed E-state index contributed by atoms with van der Waals surface area (Å²) in [5.74, 6) is 0.735. The topological polar surface area (TPSA) is 76.7 Å². The second-order valence-electron chi connectivity index (χ2n) is 5.94. The van der Waals surface area contributed by atoms with E-state index in [4.69, 9.17) is 9.47 Å². The maximum atomic E-state index is 11.9. The first-order chi connectivity index (χ1) is 10.2. The lowest BCUT2D eigenvalue weighted by molar-refractivity contribution is -0.126. The predicted molar refractivity (Wildman–Crippen MR) is 84.2 cm³/mol.